The Bertz CT molecular complexity index is 538. The van der Waals surface area contributed by atoms with E-state index >= 15 is 0 Å². The number of hydrogen-bond acceptors (Lipinski definition) is 3. The van der Waals surface area contributed by atoms with Crippen molar-refractivity contribution in [2.75, 3.05) is 40.8 Å². The molecule has 0 spiro atoms. The van der Waals surface area contributed by atoms with Gasteiger partial charge < -0.3 is 20.3 Å². The maximum Gasteiger partial charge on any atom is 0.191 e. The van der Waals surface area contributed by atoms with Crippen LogP contribution in [0, 0.1) is 5.82 Å². The number of rotatable bonds is 8. The van der Waals surface area contributed by atoms with Crippen molar-refractivity contribution in [1.29, 1.82) is 0 Å². The van der Waals surface area contributed by atoms with Crippen molar-refractivity contribution in [1.82, 2.24) is 15.5 Å². The molecule has 0 aliphatic rings. The van der Waals surface area contributed by atoms with Gasteiger partial charge in [-0.3, -0.25) is 4.99 Å². The lowest BCUT2D eigenvalue weighted by Crippen LogP contribution is -2.42. The van der Waals surface area contributed by atoms with Gasteiger partial charge in [0.1, 0.15) is 5.82 Å². The van der Waals surface area contributed by atoms with E-state index in [1.807, 2.05) is 40.9 Å². The van der Waals surface area contributed by atoms with E-state index in [-0.39, 0.29) is 41.4 Å². The summed E-state index contributed by atoms with van der Waals surface area (Å²) in [4.78, 5) is 6.64. The van der Waals surface area contributed by atoms with Gasteiger partial charge in [0.25, 0.3) is 0 Å². The van der Waals surface area contributed by atoms with Crippen molar-refractivity contribution in [2.24, 2.45) is 4.99 Å². The molecule has 0 saturated carbocycles. The molecule has 0 saturated heterocycles. The Labute approximate surface area is 168 Å². The fraction of sp³-hybridized carbons (Fsp3) is 0.611. The van der Waals surface area contributed by atoms with Crippen molar-refractivity contribution in [3.05, 3.63) is 35.6 Å². The van der Waals surface area contributed by atoms with E-state index < -0.39 is 0 Å². The number of ether oxygens (including phenoxy) is 1. The Morgan fingerprint density at radius 3 is 2.52 bits per heavy atom. The van der Waals surface area contributed by atoms with Gasteiger partial charge in [0.05, 0.1) is 18.2 Å². The van der Waals surface area contributed by atoms with Crippen LogP contribution >= 0.6 is 24.0 Å². The SMILES string of the molecule is CCNC(=NCC(C)(C)OC)NCC(c1cccc(F)c1)N(C)C.I. The van der Waals surface area contributed by atoms with E-state index in [1.165, 1.54) is 6.07 Å². The summed E-state index contributed by atoms with van der Waals surface area (Å²) < 4.78 is 18.9. The monoisotopic (exact) mass is 466 g/mol. The molecule has 7 heteroatoms. The zero-order valence-corrected chi connectivity index (χ0v) is 18.4. The van der Waals surface area contributed by atoms with Crippen molar-refractivity contribution in [3.63, 3.8) is 0 Å². The van der Waals surface area contributed by atoms with E-state index in [1.54, 1.807) is 19.2 Å². The normalized spacial score (nSPS) is 13.4. The van der Waals surface area contributed by atoms with Crippen molar-refractivity contribution < 1.29 is 9.13 Å². The summed E-state index contributed by atoms with van der Waals surface area (Å²) in [6.07, 6.45) is 0. The number of guanidine groups is 1. The van der Waals surface area contributed by atoms with Gasteiger partial charge in [0.2, 0.25) is 0 Å². The number of aliphatic imine (C=N–C) groups is 1. The standard InChI is InChI=1S/C18H31FN4O.HI/c1-7-20-17(22-13-18(2,3)24-6)21-12-16(23(4)5)14-9-8-10-15(19)11-14;/h8-11,16H,7,12-13H2,1-6H3,(H2,20,21,22);1H. The van der Waals surface area contributed by atoms with Crippen LogP contribution in [0.15, 0.2) is 29.3 Å². The molecule has 0 aliphatic carbocycles. The highest BCUT2D eigenvalue weighted by Crippen LogP contribution is 2.18. The Hall–Kier alpha value is -0.930. The van der Waals surface area contributed by atoms with Crippen molar-refractivity contribution in [2.45, 2.75) is 32.4 Å². The second-order valence-corrected chi connectivity index (χ2v) is 6.57. The van der Waals surface area contributed by atoms with Crippen LogP contribution in [0.1, 0.15) is 32.4 Å². The van der Waals surface area contributed by atoms with Gasteiger partial charge in [0.15, 0.2) is 5.96 Å². The summed E-state index contributed by atoms with van der Waals surface area (Å²) in [5.74, 6) is 0.507. The number of benzene rings is 1. The van der Waals surface area contributed by atoms with Crippen molar-refractivity contribution in [3.8, 4) is 0 Å². The number of hydrogen-bond donors (Lipinski definition) is 2. The first-order valence-corrected chi connectivity index (χ1v) is 8.28. The minimum Gasteiger partial charge on any atom is -0.377 e. The zero-order valence-electron chi connectivity index (χ0n) is 16.1. The van der Waals surface area contributed by atoms with Gasteiger partial charge in [-0.1, -0.05) is 12.1 Å². The average Bonchev–Trinajstić information content (AvgIpc) is 2.52. The molecule has 25 heavy (non-hydrogen) atoms. The van der Waals surface area contributed by atoms with Gasteiger partial charge in [-0.05, 0) is 52.6 Å². The molecule has 0 aromatic heterocycles. The first kappa shape index (κ1) is 24.1. The lowest BCUT2D eigenvalue weighted by Gasteiger charge is -2.26. The van der Waals surface area contributed by atoms with Gasteiger partial charge in [-0.15, -0.1) is 24.0 Å². The zero-order chi connectivity index (χ0) is 18.2. The van der Waals surface area contributed by atoms with Crippen LogP contribution in [-0.2, 0) is 4.74 Å². The highest BCUT2D eigenvalue weighted by atomic mass is 127. The summed E-state index contributed by atoms with van der Waals surface area (Å²) in [6, 6.07) is 6.75. The summed E-state index contributed by atoms with van der Waals surface area (Å²) in [6.45, 7) is 7.95. The van der Waals surface area contributed by atoms with E-state index in [0.717, 1.165) is 18.1 Å². The molecule has 144 valence electrons. The van der Waals surface area contributed by atoms with E-state index in [4.69, 9.17) is 4.74 Å². The molecule has 0 heterocycles. The average molecular weight is 466 g/mol. The van der Waals surface area contributed by atoms with E-state index in [0.29, 0.717) is 13.1 Å². The number of nitrogens with zero attached hydrogens (tertiary/aromatic N) is 2. The third-order valence-electron chi connectivity index (χ3n) is 3.83. The third kappa shape index (κ3) is 8.82. The molecule has 5 nitrogen and oxygen atoms in total. The van der Waals surface area contributed by atoms with Gasteiger partial charge in [-0.25, -0.2) is 4.39 Å². The Morgan fingerprint density at radius 2 is 2.00 bits per heavy atom. The molecule has 2 N–H and O–H groups in total. The maximum atomic E-state index is 13.5. The van der Waals surface area contributed by atoms with E-state index in [9.17, 15) is 4.39 Å². The molecule has 1 rings (SSSR count). The summed E-state index contributed by atoms with van der Waals surface area (Å²) >= 11 is 0. The molecular formula is C18H32FIN4O. The minimum absolute atomic E-state index is 0. The smallest absolute Gasteiger partial charge is 0.191 e. The van der Waals surface area contributed by atoms with Gasteiger partial charge in [0, 0.05) is 20.2 Å². The highest BCUT2D eigenvalue weighted by molar-refractivity contribution is 14.0. The molecule has 1 aromatic carbocycles. The predicted octanol–water partition coefficient (Wildman–Crippen LogP) is 3.03. The van der Waals surface area contributed by atoms with E-state index in [2.05, 4.69) is 20.5 Å². The summed E-state index contributed by atoms with van der Waals surface area (Å²) in [7, 11) is 5.65. The lowest BCUT2D eigenvalue weighted by atomic mass is 10.1. The van der Waals surface area contributed by atoms with Gasteiger partial charge in [-0.2, -0.15) is 0 Å². The van der Waals surface area contributed by atoms with Crippen LogP contribution in [0.5, 0.6) is 0 Å². The fourth-order valence-corrected chi connectivity index (χ4v) is 2.18. The molecule has 0 fully saturated rings. The highest BCUT2D eigenvalue weighted by Gasteiger charge is 2.17. The molecule has 1 unspecified atom stereocenters. The minimum atomic E-state index is -0.314. The topological polar surface area (TPSA) is 48.9 Å². The molecule has 1 aromatic rings. The van der Waals surface area contributed by atoms with Gasteiger partial charge >= 0.3 is 0 Å². The Balaban J connectivity index is 0.00000576. The molecule has 0 amide bonds. The maximum absolute atomic E-state index is 13.5. The van der Waals surface area contributed by atoms with Crippen LogP contribution < -0.4 is 10.6 Å². The number of nitrogens with one attached hydrogen (secondary N) is 2. The van der Waals surface area contributed by atoms with Crippen LogP contribution in [0.2, 0.25) is 0 Å². The predicted molar refractivity (Wildman–Crippen MR) is 113 cm³/mol. The van der Waals surface area contributed by atoms with Crippen molar-refractivity contribution >= 4 is 29.9 Å². The second-order valence-electron chi connectivity index (χ2n) is 6.57. The second kappa shape index (κ2) is 11.6. The molecule has 0 radical (unpaired) electrons. The molecule has 0 aliphatic heterocycles. The van der Waals surface area contributed by atoms with Crippen LogP contribution in [0.3, 0.4) is 0 Å². The third-order valence-corrected chi connectivity index (χ3v) is 3.83. The van der Waals surface area contributed by atoms with Crippen LogP contribution in [0.4, 0.5) is 4.39 Å². The Kier molecular flexibility index (Phi) is 11.2. The van der Waals surface area contributed by atoms with Crippen LogP contribution in [0.25, 0.3) is 0 Å². The Morgan fingerprint density at radius 1 is 1.32 bits per heavy atom. The molecule has 1 atom stereocenters. The summed E-state index contributed by atoms with van der Waals surface area (Å²) in [5, 5.41) is 6.56. The lowest BCUT2D eigenvalue weighted by molar-refractivity contribution is 0.0310. The van der Waals surface area contributed by atoms with Crippen LogP contribution in [-0.4, -0.2) is 57.3 Å². The quantitative estimate of drug-likeness (QED) is 0.352. The first-order valence-electron chi connectivity index (χ1n) is 8.28. The molecule has 0 bridgehead atoms. The first-order chi connectivity index (χ1) is 11.3. The largest absolute Gasteiger partial charge is 0.377 e. The molecular weight excluding hydrogens is 434 g/mol. The number of methoxy groups -OCH3 is 1. The summed E-state index contributed by atoms with van der Waals surface area (Å²) in [5.41, 5.74) is 0.617. The number of halogens is 2. The number of likely N-dealkylation sites (N-methyl/N-ethyl adjacent to an activating group) is 1. The fourth-order valence-electron chi connectivity index (χ4n) is 2.18.